The SMILES string of the molecule is CNC(CCC(Cl)(Cl)Cl)Cc1ccc2occc2c1. The number of rotatable bonds is 5. The molecule has 0 bridgehead atoms. The number of alkyl halides is 3. The summed E-state index contributed by atoms with van der Waals surface area (Å²) in [4.78, 5) is 0. The zero-order valence-electron chi connectivity index (χ0n) is 10.6. The fourth-order valence-electron chi connectivity index (χ4n) is 2.11. The highest BCUT2D eigenvalue weighted by Gasteiger charge is 2.21. The lowest BCUT2D eigenvalue weighted by Gasteiger charge is -2.19. The van der Waals surface area contributed by atoms with Crippen LogP contribution in [0.3, 0.4) is 0 Å². The van der Waals surface area contributed by atoms with Crippen molar-refractivity contribution in [1.29, 1.82) is 0 Å². The van der Waals surface area contributed by atoms with E-state index in [1.54, 1.807) is 6.26 Å². The van der Waals surface area contributed by atoms with Gasteiger partial charge in [0.2, 0.25) is 0 Å². The zero-order chi connectivity index (χ0) is 13.9. The average molecular weight is 321 g/mol. The van der Waals surface area contributed by atoms with Crippen LogP contribution < -0.4 is 5.32 Å². The highest BCUT2D eigenvalue weighted by molar-refractivity contribution is 6.67. The first-order valence-corrected chi connectivity index (χ1v) is 7.31. The van der Waals surface area contributed by atoms with Gasteiger partial charge >= 0.3 is 0 Å². The molecule has 1 heterocycles. The highest BCUT2D eigenvalue weighted by Crippen LogP contribution is 2.32. The first-order chi connectivity index (χ1) is 8.98. The number of halogens is 3. The van der Waals surface area contributed by atoms with Crippen LogP contribution in [0.4, 0.5) is 0 Å². The van der Waals surface area contributed by atoms with E-state index >= 15 is 0 Å². The molecule has 0 aliphatic heterocycles. The molecule has 0 saturated carbocycles. The smallest absolute Gasteiger partial charge is 0.190 e. The van der Waals surface area contributed by atoms with Crippen LogP contribution in [0.5, 0.6) is 0 Å². The maximum absolute atomic E-state index is 5.79. The van der Waals surface area contributed by atoms with Crippen LogP contribution in [0, 0.1) is 0 Å². The van der Waals surface area contributed by atoms with Crippen molar-refractivity contribution >= 4 is 45.8 Å². The number of fused-ring (bicyclic) bond motifs is 1. The molecule has 0 amide bonds. The molecular formula is C14H16Cl3NO. The highest BCUT2D eigenvalue weighted by atomic mass is 35.6. The third kappa shape index (κ3) is 4.57. The zero-order valence-corrected chi connectivity index (χ0v) is 12.9. The lowest BCUT2D eigenvalue weighted by Crippen LogP contribution is -2.28. The Morgan fingerprint density at radius 3 is 2.74 bits per heavy atom. The molecular weight excluding hydrogens is 305 g/mol. The topological polar surface area (TPSA) is 25.2 Å². The fourth-order valence-corrected chi connectivity index (χ4v) is 2.44. The van der Waals surface area contributed by atoms with Gasteiger partial charge in [-0.1, -0.05) is 40.9 Å². The summed E-state index contributed by atoms with van der Waals surface area (Å²) in [5, 5.41) is 4.38. The van der Waals surface area contributed by atoms with Crippen molar-refractivity contribution in [2.45, 2.75) is 29.1 Å². The molecule has 1 atom stereocenters. The van der Waals surface area contributed by atoms with Gasteiger partial charge in [-0.05, 0) is 50.1 Å². The lowest BCUT2D eigenvalue weighted by atomic mass is 10.0. The minimum absolute atomic E-state index is 0.292. The van der Waals surface area contributed by atoms with Crippen molar-refractivity contribution in [2.75, 3.05) is 7.05 Å². The molecule has 2 rings (SSSR count). The minimum Gasteiger partial charge on any atom is -0.464 e. The second kappa shape index (κ2) is 6.36. The number of furan rings is 1. The summed E-state index contributed by atoms with van der Waals surface area (Å²) < 4.78 is 4.15. The van der Waals surface area contributed by atoms with Gasteiger partial charge in [-0.25, -0.2) is 0 Å². The molecule has 2 nitrogen and oxygen atoms in total. The van der Waals surface area contributed by atoms with E-state index in [0.717, 1.165) is 23.8 Å². The molecule has 1 N–H and O–H groups in total. The Hall–Kier alpha value is -0.410. The summed E-state index contributed by atoms with van der Waals surface area (Å²) >= 11 is 17.4. The Morgan fingerprint density at radius 2 is 2.05 bits per heavy atom. The van der Waals surface area contributed by atoms with Crippen molar-refractivity contribution in [3.63, 3.8) is 0 Å². The van der Waals surface area contributed by atoms with Crippen molar-refractivity contribution < 1.29 is 4.42 Å². The minimum atomic E-state index is -1.18. The third-order valence-corrected chi connectivity index (χ3v) is 3.75. The van der Waals surface area contributed by atoms with Crippen molar-refractivity contribution in [3.05, 3.63) is 36.1 Å². The van der Waals surface area contributed by atoms with Gasteiger partial charge in [0.05, 0.1) is 6.26 Å². The first-order valence-electron chi connectivity index (χ1n) is 6.18. The lowest BCUT2D eigenvalue weighted by molar-refractivity contribution is 0.505. The molecule has 0 aliphatic carbocycles. The van der Waals surface area contributed by atoms with E-state index in [-0.39, 0.29) is 0 Å². The van der Waals surface area contributed by atoms with E-state index in [1.165, 1.54) is 5.56 Å². The van der Waals surface area contributed by atoms with Gasteiger partial charge in [0.15, 0.2) is 3.79 Å². The molecule has 0 fully saturated rings. The van der Waals surface area contributed by atoms with E-state index in [0.29, 0.717) is 12.5 Å². The van der Waals surface area contributed by atoms with Gasteiger partial charge in [-0.15, -0.1) is 0 Å². The first kappa shape index (κ1) is 15.0. The largest absolute Gasteiger partial charge is 0.464 e. The van der Waals surface area contributed by atoms with E-state index in [9.17, 15) is 0 Å². The van der Waals surface area contributed by atoms with Crippen LogP contribution in [0.2, 0.25) is 0 Å². The molecule has 0 spiro atoms. The predicted octanol–water partition coefficient (Wildman–Crippen LogP) is 4.71. The monoisotopic (exact) mass is 319 g/mol. The maximum atomic E-state index is 5.79. The predicted molar refractivity (Wildman–Crippen MR) is 82.3 cm³/mol. The number of hydrogen-bond acceptors (Lipinski definition) is 2. The van der Waals surface area contributed by atoms with Crippen molar-refractivity contribution in [3.8, 4) is 0 Å². The molecule has 0 radical (unpaired) electrons. The van der Waals surface area contributed by atoms with Crippen LogP contribution in [-0.4, -0.2) is 16.9 Å². The summed E-state index contributed by atoms with van der Waals surface area (Å²) in [6.45, 7) is 0. The molecule has 104 valence electrons. The Labute approximate surface area is 128 Å². The number of nitrogens with one attached hydrogen (secondary N) is 1. The second-order valence-electron chi connectivity index (χ2n) is 4.64. The summed E-state index contributed by atoms with van der Waals surface area (Å²) in [6.07, 6.45) is 3.96. The molecule has 19 heavy (non-hydrogen) atoms. The molecule has 2 aromatic rings. The van der Waals surface area contributed by atoms with Crippen LogP contribution in [0.15, 0.2) is 34.9 Å². The Morgan fingerprint density at radius 1 is 1.26 bits per heavy atom. The van der Waals surface area contributed by atoms with Crippen LogP contribution in [0.25, 0.3) is 11.0 Å². The van der Waals surface area contributed by atoms with Crippen molar-refractivity contribution in [1.82, 2.24) is 5.32 Å². The standard InChI is InChI=1S/C14H16Cl3NO/c1-18-12(4-6-14(15,16)17)9-10-2-3-13-11(8-10)5-7-19-13/h2-3,5,7-8,12,18H,4,6,9H2,1H3. The van der Waals surface area contributed by atoms with Gasteiger partial charge in [0.25, 0.3) is 0 Å². The second-order valence-corrected chi connectivity index (χ2v) is 7.15. The molecule has 0 aliphatic rings. The van der Waals surface area contributed by atoms with Gasteiger partial charge < -0.3 is 9.73 Å². The molecule has 1 aromatic carbocycles. The summed E-state index contributed by atoms with van der Waals surface area (Å²) in [5.74, 6) is 0. The molecule has 1 unspecified atom stereocenters. The van der Waals surface area contributed by atoms with E-state index in [2.05, 4.69) is 17.4 Å². The maximum Gasteiger partial charge on any atom is 0.190 e. The molecule has 5 heteroatoms. The molecule has 1 aromatic heterocycles. The Kier molecular flexibility index (Phi) is 5.02. The number of benzene rings is 1. The Balaban J connectivity index is 2.00. The summed E-state index contributed by atoms with van der Waals surface area (Å²) in [5.41, 5.74) is 2.16. The van der Waals surface area contributed by atoms with E-state index in [4.69, 9.17) is 39.2 Å². The van der Waals surface area contributed by atoms with Gasteiger partial charge in [0, 0.05) is 11.4 Å². The summed E-state index contributed by atoms with van der Waals surface area (Å²) in [6, 6.07) is 8.46. The van der Waals surface area contributed by atoms with E-state index < -0.39 is 3.79 Å². The fraction of sp³-hybridized carbons (Fsp3) is 0.429. The normalized spacial score (nSPS) is 13.9. The molecule has 0 saturated heterocycles. The van der Waals surface area contributed by atoms with Crippen LogP contribution >= 0.6 is 34.8 Å². The van der Waals surface area contributed by atoms with Crippen LogP contribution in [0.1, 0.15) is 18.4 Å². The number of likely N-dealkylation sites (N-methyl/N-ethyl adjacent to an activating group) is 1. The van der Waals surface area contributed by atoms with Gasteiger partial charge in [-0.3, -0.25) is 0 Å². The quantitative estimate of drug-likeness (QED) is 0.807. The summed E-state index contributed by atoms with van der Waals surface area (Å²) in [7, 11) is 1.93. The van der Waals surface area contributed by atoms with Crippen LogP contribution in [-0.2, 0) is 6.42 Å². The number of hydrogen-bond donors (Lipinski definition) is 1. The van der Waals surface area contributed by atoms with Gasteiger partial charge in [0.1, 0.15) is 5.58 Å². The van der Waals surface area contributed by atoms with Crippen molar-refractivity contribution in [2.24, 2.45) is 0 Å². The van der Waals surface area contributed by atoms with Gasteiger partial charge in [-0.2, -0.15) is 0 Å². The third-order valence-electron chi connectivity index (χ3n) is 3.18. The Bertz CT molecular complexity index is 533. The van der Waals surface area contributed by atoms with E-state index in [1.807, 2.05) is 19.2 Å². The average Bonchev–Trinajstić information content (AvgIpc) is 2.80.